The number of carbonyl (C=O) groups excluding carboxylic acids is 1. The van der Waals surface area contributed by atoms with Crippen LogP contribution < -0.4 is 10.1 Å². The van der Waals surface area contributed by atoms with Crippen LogP contribution >= 0.6 is 11.8 Å². The van der Waals surface area contributed by atoms with Crippen LogP contribution in [-0.4, -0.2) is 33.3 Å². The third-order valence-corrected chi connectivity index (χ3v) is 4.22. The first-order valence-electron chi connectivity index (χ1n) is 7.27. The number of pyridine rings is 1. The molecule has 7 heteroatoms. The topological polar surface area (TPSA) is 69.0 Å². The van der Waals surface area contributed by atoms with Gasteiger partial charge in [-0.3, -0.25) is 14.3 Å². The van der Waals surface area contributed by atoms with Crippen molar-refractivity contribution in [1.82, 2.24) is 14.5 Å². The van der Waals surface area contributed by atoms with E-state index in [0.717, 1.165) is 22.3 Å². The minimum atomic E-state index is -0.0875. The first-order chi connectivity index (χ1) is 11.8. The van der Waals surface area contributed by atoms with Crippen molar-refractivity contribution < 1.29 is 9.53 Å². The highest BCUT2D eigenvalue weighted by Crippen LogP contribution is 2.22. The highest BCUT2D eigenvalue weighted by atomic mass is 32.2. The number of nitrogens with one attached hydrogen (secondary N) is 1. The van der Waals surface area contributed by atoms with Crippen LogP contribution in [0.4, 0.5) is 5.69 Å². The largest absolute Gasteiger partial charge is 0.497 e. The van der Waals surface area contributed by atoms with Crippen LogP contribution in [0, 0.1) is 0 Å². The van der Waals surface area contributed by atoms with Gasteiger partial charge in [0, 0.05) is 36.2 Å². The minimum Gasteiger partial charge on any atom is -0.497 e. The van der Waals surface area contributed by atoms with Gasteiger partial charge < -0.3 is 10.1 Å². The molecule has 2 heterocycles. The van der Waals surface area contributed by atoms with E-state index in [0.29, 0.717) is 0 Å². The Morgan fingerprint density at radius 3 is 2.62 bits per heavy atom. The van der Waals surface area contributed by atoms with Crippen LogP contribution in [0.3, 0.4) is 0 Å². The van der Waals surface area contributed by atoms with E-state index in [9.17, 15) is 4.79 Å². The number of rotatable bonds is 6. The number of aromatic nitrogens is 3. The summed E-state index contributed by atoms with van der Waals surface area (Å²) in [7, 11) is 1.63. The molecule has 3 rings (SSSR count). The lowest BCUT2D eigenvalue weighted by Crippen LogP contribution is -2.14. The van der Waals surface area contributed by atoms with Crippen LogP contribution in [0.2, 0.25) is 0 Å². The Labute approximate surface area is 143 Å². The molecule has 0 spiro atoms. The fourth-order valence-corrected chi connectivity index (χ4v) is 2.87. The van der Waals surface area contributed by atoms with Gasteiger partial charge in [0.15, 0.2) is 5.16 Å². The summed E-state index contributed by atoms with van der Waals surface area (Å²) in [6.07, 6.45) is 6.86. The number of benzene rings is 1. The zero-order valence-electron chi connectivity index (χ0n) is 13.0. The van der Waals surface area contributed by atoms with Crippen LogP contribution in [0.25, 0.3) is 5.69 Å². The van der Waals surface area contributed by atoms with Crippen LogP contribution in [0.1, 0.15) is 0 Å². The molecule has 1 aromatic carbocycles. The minimum absolute atomic E-state index is 0.0875. The number of hydrogen-bond acceptors (Lipinski definition) is 5. The number of amides is 1. The monoisotopic (exact) mass is 340 g/mol. The lowest BCUT2D eigenvalue weighted by Gasteiger charge is -2.08. The second-order valence-electron chi connectivity index (χ2n) is 4.85. The summed E-state index contributed by atoms with van der Waals surface area (Å²) in [6.45, 7) is 0. The highest BCUT2D eigenvalue weighted by Gasteiger charge is 2.09. The number of carbonyl (C=O) groups is 1. The Hall–Kier alpha value is -2.80. The van der Waals surface area contributed by atoms with Crippen molar-refractivity contribution >= 4 is 23.4 Å². The van der Waals surface area contributed by atoms with E-state index in [1.54, 1.807) is 37.8 Å². The zero-order valence-corrected chi connectivity index (χ0v) is 13.9. The standard InChI is InChI=1S/C17H16N4O2S/c1-23-15-4-2-14(3-5-15)21-11-10-19-17(21)24-12-16(22)20-13-6-8-18-9-7-13/h2-11H,12H2,1H3,(H,18,20,22). The number of imidazole rings is 1. The second-order valence-corrected chi connectivity index (χ2v) is 5.79. The van der Waals surface area contributed by atoms with Crippen molar-refractivity contribution in [3.63, 3.8) is 0 Å². The van der Waals surface area contributed by atoms with E-state index < -0.39 is 0 Å². The van der Waals surface area contributed by atoms with Gasteiger partial charge in [-0.25, -0.2) is 4.98 Å². The van der Waals surface area contributed by atoms with Gasteiger partial charge in [-0.15, -0.1) is 0 Å². The SMILES string of the molecule is COc1ccc(-n2ccnc2SCC(=O)Nc2ccncc2)cc1. The summed E-state index contributed by atoms with van der Waals surface area (Å²) in [5.41, 5.74) is 1.69. The molecular formula is C17H16N4O2S. The van der Waals surface area contributed by atoms with Gasteiger partial charge >= 0.3 is 0 Å². The summed E-state index contributed by atoms with van der Waals surface area (Å²) in [6, 6.07) is 11.2. The molecule has 0 saturated heterocycles. The molecule has 0 aliphatic carbocycles. The van der Waals surface area contributed by atoms with Gasteiger partial charge in [0.25, 0.3) is 0 Å². The third-order valence-electron chi connectivity index (χ3n) is 3.25. The van der Waals surface area contributed by atoms with Crippen molar-refractivity contribution in [3.8, 4) is 11.4 Å². The molecule has 122 valence electrons. The maximum atomic E-state index is 12.0. The third kappa shape index (κ3) is 3.94. The molecular weight excluding hydrogens is 324 g/mol. The number of hydrogen-bond donors (Lipinski definition) is 1. The zero-order chi connectivity index (χ0) is 16.8. The molecule has 0 aliphatic heterocycles. The number of nitrogens with zero attached hydrogens (tertiary/aromatic N) is 3. The lowest BCUT2D eigenvalue weighted by atomic mass is 10.3. The van der Waals surface area contributed by atoms with Gasteiger partial charge in [-0.05, 0) is 36.4 Å². The molecule has 0 atom stereocenters. The maximum absolute atomic E-state index is 12.0. The van der Waals surface area contributed by atoms with Crippen molar-refractivity contribution in [2.45, 2.75) is 5.16 Å². The fraction of sp³-hybridized carbons (Fsp3) is 0.118. The summed E-state index contributed by atoms with van der Waals surface area (Å²) >= 11 is 1.38. The van der Waals surface area contributed by atoms with E-state index in [-0.39, 0.29) is 11.7 Å². The van der Waals surface area contributed by atoms with Crippen LogP contribution in [0.5, 0.6) is 5.75 Å². The Bertz CT molecular complexity index is 803. The van der Waals surface area contributed by atoms with Crippen molar-refractivity contribution in [3.05, 3.63) is 61.2 Å². The van der Waals surface area contributed by atoms with E-state index in [1.807, 2.05) is 35.0 Å². The molecule has 0 bridgehead atoms. The lowest BCUT2D eigenvalue weighted by molar-refractivity contribution is -0.113. The van der Waals surface area contributed by atoms with Crippen LogP contribution in [0.15, 0.2) is 66.3 Å². The molecule has 0 fully saturated rings. The Morgan fingerprint density at radius 2 is 1.92 bits per heavy atom. The molecule has 2 aromatic heterocycles. The van der Waals surface area contributed by atoms with E-state index >= 15 is 0 Å². The van der Waals surface area contributed by atoms with Gasteiger partial charge in [0.1, 0.15) is 5.75 Å². The van der Waals surface area contributed by atoms with Gasteiger partial charge in [0.2, 0.25) is 5.91 Å². The Balaban J connectivity index is 1.64. The van der Waals surface area contributed by atoms with Gasteiger partial charge in [-0.1, -0.05) is 11.8 Å². The van der Waals surface area contributed by atoms with Crippen molar-refractivity contribution in [2.24, 2.45) is 0 Å². The second kappa shape index (κ2) is 7.65. The Kier molecular flexibility index (Phi) is 5.12. The number of ether oxygens (including phenoxy) is 1. The Morgan fingerprint density at radius 1 is 1.17 bits per heavy atom. The predicted octanol–water partition coefficient (Wildman–Crippen LogP) is 3.01. The first-order valence-corrected chi connectivity index (χ1v) is 8.25. The average molecular weight is 340 g/mol. The number of thioether (sulfide) groups is 1. The summed E-state index contributed by atoms with van der Waals surface area (Å²) in [5.74, 6) is 0.982. The molecule has 0 saturated carbocycles. The van der Waals surface area contributed by atoms with Gasteiger partial charge in [-0.2, -0.15) is 0 Å². The number of anilines is 1. The molecule has 3 aromatic rings. The average Bonchev–Trinajstić information content (AvgIpc) is 3.09. The normalized spacial score (nSPS) is 10.4. The molecule has 0 unspecified atom stereocenters. The molecule has 24 heavy (non-hydrogen) atoms. The van der Waals surface area contributed by atoms with Crippen molar-refractivity contribution in [2.75, 3.05) is 18.2 Å². The summed E-state index contributed by atoms with van der Waals surface area (Å²) in [5, 5.41) is 3.58. The smallest absolute Gasteiger partial charge is 0.234 e. The fourth-order valence-electron chi connectivity index (χ4n) is 2.10. The summed E-state index contributed by atoms with van der Waals surface area (Å²) in [4.78, 5) is 20.3. The molecule has 0 radical (unpaired) electrons. The van der Waals surface area contributed by atoms with E-state index in [2.05, 4.69) is 15.3 Å². The number of methoxy groups -OCH3 is 1. The molecule has 6 nitrogen and oxygen atoms in total. The maximum Gasteiger partial charge on any atom is 0.234 e. The quantitative estimate of drug-likeness (QED) is 0.699. The van der Waals surface area contributed by atoms with Crippen LogP contribution in [-0.2, 0) is 4.79 Å². The summed E-state index contributed by atoms with van der Waals surface area (Å²) < 4.78 is 7.10. The van der Waals surface area contributed by atoms with E-state index in [4.69, 9.17) is 4.74 Å². The predicted molar refractivity (Wildman–Crippen MR) is 93.7 cm³/mol. The molecule has 1 amide bonds. The molecule has 0 aliphatic rings. The first kappa shape index (κ1) is 16.1. The van der Waals surface area contributed by atoms with Crippen molar-refractivity contribution in [1.29, 1.82) is 0 Å². The molecule has 1 N–H and O–H groups in total. The van der Waals surface area contributed by atoms with E-state index in [1.165, 1.54) is 11.8 Å². The highest BCUT2D eigenvalue weighted by molar-refractivity contribution is 7.99. The van der Waals surface area contributed by atoms with Gasteiger partial charge in [0.05, 0.1) is 12.9 Å².